The number of phenolic OH excluding ortho intramolecular Hbond substituents is 1. The molecule has 0 aliphatic carbocycles. The number of benzene rings is 1. The van der Waals surface area contributed by atoms with Crippen LogP contribution in [0, 0.1) is 17.5 Å². The summed E-state index contributed by atoms with van der Waals surface area (Å²) >= 11 is 0. The number of carbonyl (C=O) groups is 2. The maximum absolute atomic E-state index is 13.5. The number of halogens is 3. The SMILES string of the molecule is C=CCN1C(=O)c2c(F)c(O)c(F)c(F)c2C1=O. The van der Waals surface area contributed by atoms with Crippen molar-refractivity contribution in [3.05, 3.63) is 41.2 Å². The van der Waals surface area contributed by atoms with E-state index in [9.17, 15) is 22.8 Å². The third-order valence-electron chi connectivity index (χ3n) is 2.53. The predicted molar refractivity (Wildman–Crippen MR) is 53.5 cm³/mol. The van der Waals surface area contributed by atoms with Crippen LogP contribution >= 0.6 is 0 Å². The minimum Gasteiger partial charge on any atom is -0.503 e. The van der Waals surface area contributed by atoms with E-state index in [4.69, 9.17) is 5.11 Å². The van der Waals surface area contributed by atoms with Crippen molar-refractivity contribution in [2.75, 3.05) is 6.54 Å². The lowest BCUT2D eigenvalue weighted by molar-refractivity contribution is 0.0669. The lowest BCUT2D eigenvalue weighted by atomic mass is 10.1. The highest BCUT2D eigenvalue weighted by molar-refractivity contribution is 6.21. The second kappa shape index (κ2) is 3.86. The smallest absolute Gasteiger partial charge is 0.265 e. The summed E-state index contributed by atoms with van der Waals surface area (Å²) in [6.45, 7) is 3.01. The molecular weight excluding hydrogens is 251 g/mol. The molecule has 0 saturated heterocycles. The monoisotopic (exact) mass is 257 g/mol. The summed E-state index contributed by atoms with van der Waals surface area (Å²) in [5.41, 5.74) is -1.96. The summed E-state index contributed by atoms with van der Waals surface area (Å²) in [4.78, 5) is 23.8. The molecule has 4 nitrogen and oxygen atoms in total. The molecule has 0 atom stereocenters. The standard InChI is InChI=1S/C11H6F3NO3/c1-2-3-15-10(17)4-5(11(15)18)7(13)9(16)8(14)6(4)12/h2,16H,1,3H2. The fourth-order valence-corrected chi connectivity index (χ4v) is 1.71. The number of fused-ring (bicyclic) bond motifs is 1. The minimum atomic E-state index is -1.90. The third-order valence-corrected chi connectivity index (χ3v) is 2.53. The number of rotatable bonds is 2. The zero-order valence-electron chi connectivity index (χ0n) is 8.84. The van der Waals surface area contributed by atoms with E-state index in [-0.39, 0.29) is 6.54 Å². The molecule has 0 radical (unpaired) electrons. The van der Waals surface area contributed by atoms with Gasteiger partial charge in [-0.25, -0.2) is 8.78 Å². The quantitative estimate of drug-likeness (QED) is 0.497. The van der Waals surface area contributed by atoms with Crippen LogP contribution in [-0.4, -0.2) is 28.4 Å². The average Bonchev–Trinajstić information content (AvgIpc) is 2.59. The summed E-state index contributed by atoms with van der Waals surface area (Å²) < 4.78 is 40.0. The summed E-state index contributed by atoms with van der Waals surface area (Å²) in [5.74, 6) is -9.20. The van der Waals surface area contributed by atoms with Crippen LogP contribution < -0.4 is 0 Å². The Morgan fingerprint density at radius 2 is 1.56 bits per heavy atom. The fraction of sp³-hybridized carbons (Fsp3) is 0.0909. The van der Waals surface area contributed by atoms with Gasteiger partial charge in [0.2, 0.25) is 5.82 Å². The molecule has 2 amide bonds. The maximum atomic E-state index is 13.5. The normalized spacial score (nSPS) is 14.1. The van der Waals surface area contributed by atoms with E-state index >= 15 is 0 Å². The molecule has 1 aromatic carbocycles. The molecule has 1 heterocycles. The van der Waals surface area contributed by atoms with E-state index in [1.165, 1.54) is 6.08 Å². The molecule has 1 aromatic rings. The molecule has 1 N–H and O–H groups in total. The van der Waals surface area contributed by atoms with Crippen LogP contribution in [0.15, 0.2) is 12.7 Å². The van der Waals surface area contributed by atoms with Crippen molar-refractivity contribution in [2.24, 2.45) is 0 Å². The first-order chi connectivity index (χ1) is 8.41. The van der Waals surface area contributed by atoms with Gasteiger partial charge in [-0.05, 0) is 0 Å². The molecule has 18 heavy (non-hydrogen) atoms. The van der Waals surface area contributed by atoms with Crippen molar-refractivity contribution in [1.82, 2.24) is 4.90 Å². The highest BCUT2D eigenvalue weighted by Gasteiger charge is 2.43. The first-order valence-corrected chi connectivity index (χ1v) is 4.78. The van der Waals surface area contributed by atoms with Gasteiger partial charge in [-0.3, -0.25) is 14.5 Å². The van der Waals surface area contributed by atoms with Gasteiger partial charge < -0.3 is 5.11 Å². The summed E-state index contributed by atoms with van der Waals surface area (Å²) in [6.07, 6.45) is 1.17. The molecule has 94 valence electrons. The van der Waals surface area contributed by atoms with Crippen LogP contribution in [0.5, 0.6) is 5.75 Å². The van der Waals surface area contributed by atoms with Crippen LogP contribution in [0.4, 0.5) is 13.2 Å². The van der Waals surface area contributed by atoms with Crippen molar-refractivity contribution < 1.29 is 27.9 Å². The van der Waals surface area contributed by atoms with Crippen LogP contribution in [0.2, 0.25) is 0 Å². The van der Waals surface area contributed by atoms with Crippen molar-refractivity contribution >= 4 is 11.8 Å². The van der Waals surface area contributed by atoms with Crippen LogP contribution in [0.25, 0.3) is 0 Å². The van der Waals surface area contributed by atoms with Crippen molar-refractivity contribution in [3.8, 4) is 5.75 Å². The Balaban J connectivity index is 2.76. The highest BCUT2D eigenvalue weighted by atomic mass is 19.2. The van der Waals surface area contributed by atoms with Gasteiger partial charge in [-0.2, -0.15) is 4.39 Å². The molecule has 0 unspecified atom stereocenters. The number of hydrogen-bond acceptors (Lipinski definition) is 3. The van der Waals surface area contributed by atoms with Gasteiger partial charge in [-0.15, -0.1) is 6.58 Å². The van der Waals surface area contributed by atoms with Crippen molar-refractivity contribution in [2.45, 2.75) is 0 Å². The molecule has 2 rings (SSSR count). The van der Waals surface area contributed by atoms with E-state index in [1.807, 2.05) is 0 Å². The lowest BCUT2D eigenvalue weighted by Crippen LogP contribution is -2.29. The zero-order valence-corrected chi connectivity index (χ0v) is 8.84. The number of amides is 2. The van der Waals surface area contributed by atoms with Gasteiger partial charge in [0.1, 0.15) is 0 Å². The molecule has 7 heteroatoms. The zero-order chi connectivity index (χ0) is 13.6. The Morgan fingerprint density at radius 1 is 1.06 bits per heavy atom. The molecule has 1 aliphatic rings. The Bertz CT molecular complexity index is 551. The van der Waals surface area contributed by atoms with Gasteiger partial charge in [0.05, 0.1) is 11.1 Å². The summed E-state index contributed by atoms with van der Waals surface area (Å²) in [7, 11) is 0. The largest absolute Gasteiger partial charge is 0.503 e. The molecule has 0 aromatic heterocycles. The first-order valence-electron chi connectivity index (χ1n) is 4.78. The average molecular weight is 257 g/mol. The second-order valence-electron chi connectivity index (χ2n) is 3.55. The van der Waals surface area contributed by atoms with Gasteiger partial charge in [0, 0.05) is 6.54 Å². The number of phenols is 1. The fourth-order valence-electron chi connectivity index (χ4n) is 1.71. The number of nitrogens with zero attached hydrogens (tertiary/aromatic N) is 1. The first kappa shape index (κ1) is 12.2. The van der Waals surface area contributed by atoms with Crippen LogP contribution in [-0.2, 0) is 0 Å². The molecule has 0 spiro atoms. The number of aromatic hydroxyl groups is 1. The Morgan fingerprint density at radius 3 is 2.06 bits per heavy atom. The number of hydrogen-bond donors (Lipinski definition) is 1. The summed E-state index contributed by atoms with van der Waals surface area (Å²) in [5, 5.41) is 8.98. The molecular formula is C11H6F3NO3. The van der Waals surface area contributed by atoms with E-state index in [1.54, 1.807) is 0 Å². The van der Waals surface area contributed by atoms with Gasteiger partial charge >= 0.3 is 0 Å². The van der Waals surface area contributed by atoms with Gasteiger partial charge in [0.15, 0.2) is 17.4 Å². The van der Waals surface area contributed by atoms with Crippen molar-refractivity contribution in [3.63, 3.8) is 0 Å². The predicted octanol–water partition coefficient (Wildman–Crippen LogP) is 1.59. The maximum Gasteiger partial charge on any atom is 0.265 e. The Hall–Kier alpha value is -2.31. The van der Waals surface area contributed by atoms with E-state index in [0.29, 0.717) is 4.90 Å². The Kier molecular flexibility index (Phi) is 2.61. The minimum absolute atomic E-state index is 0.270. The van der Waals surface area contributed by atoms with E-state index in [0.717, 1.165) is 0 Å². The molecule has 0 fully saturated rings. The third kappa shape index (κ3) is 1.33. The Labute approximate surface area is 98.9 Å². The summed E-state index contributed by atoms with van der Waals surface area (Å²) in [6, 6.07) is 0. The van der Waals surface area contributed by atoms with E-state index < -0.39 is 46.1 Å². The van der Waals surface area contributed by atoms with Gasteiger partial charge in [-0.1, -0.05) is 6.08 Å². The van der Waals surface area contributed by atoms with Crippen LogP contribution in [0.3, 0.4) is 0 Å². The number of imide groups is 1. The topological polar surface area (TPSA) is 57.6 Å². The molecule has 0 saturated carbocycles. The van der Waals surface area contributed by atoms with E-state index in [2.05, 4.69) is 6.58 Å². The van der Waals surface area contributed by atoms with Gasteiger partial charge in [0.25, 0.3) is 11.8 Å². The van der Waals surface area contributed by atoms with Crippen molar-refractivity contribution in [1.29, 1.82) is 0 Å². The molecule has 0 bridgehead atoms. The van der Waals surface area contributed by atoms with Crippen LogP contribution in [0.1, 0.15) is 20.7 Å². The lowest BCUT2D eigenvalue weighted by Gasteiger charge is -2.09. The highest BCUT2D eigenvalue weighted by Crippen LogP contribution is 2.35. The molecule has 1 aliphatic heterocycles. The number of carbonyl (C=O) groups excluding carboxylic acids is 2. The second-order valence-corrected chi connectivity index (χ2v) is 3.55.